The molecule has 1 N–H and O–H groups in total. The Morgan fingerprint density at radius 3 is 2.41 bits per heavy atom. The van der Waals surface area contributed by atoms with Gasteiger partial charge in [-0.3, -0.25) is 9.59 Å². The first-order valence-corrected chi connectivity index (χ1v) is 9.66. The second-order valence-electron chi connectivity index (χ2n) is 7.73. The lowest BCUT2D eigenvalue weighted by Crippen LogP contribution is -2.50. The minimum Gasteiger partial charge on any atom is -0.481 e. The van der Waals surface area contributed by atoms with Crippen LogP contribution in [-0.2, 0) is 9.59 Å². The summed E-state index contributed by atoms with van der Waals surface area (Å²) in [5.74, 6) is -0.851. The van der Waals surface area contributed by atoms with E-state index in [1.54, 1.807) is 12.1 Å². The molecule has 2 saturated heterocycles. The van der Waals surface area contributed by atoms with Crippen molar-refractivity contribution in [1.82, 2.24) is 9.80 Å². The number of aliphatic carboxylic acids is 1. The molecule has 3 rings (SSSR count). The summed E-state index contributed by atoms with van der Waals surface area (Å²) in [6.45, 7) is 6.86. The number of carbonyl (C=O) groups excluding carboxylic acids is 1. The van der Waals surface area contributed by atoms with E-state index in [0.717, 1.165) is 25.3 Å². The molecular formula is C20H28FN3O3. The maximum absolute atomic E-state index is 13.0. The smallest absolute Gasteiger partial charge is 0.307 e. The Balaban J connectivity index is 1.44. The van der Waals surface area contributed by atoms with Crippen molar-refractivity contribution < 1.29 is 19.1 Å². The summed E-state index contributed by atoms with van der Waals surface area (Å²) < 4.78 is 13.0. The maximum Gasteiger partial charge on any atom is 0.307 e. The third kappa shape index (κ3) is 5.19. The molecule has 2 aliphatic rings. The molecule has 0 aliphatic carbocycles. The number of carbonyl (C=O) groups is 2. The third-order valence-corrected chi connectivity index (χ3v) is 5.55. The van der Waals surface area contributed by atoms with Crippen LogP contribution in [0, 0.1) is 17.7 Å². The van der Waals surface area contributed by atoms with Crippen molar-refractivity contribution in [1.29, 1.82) is 0 Å². The Kier molecular flexibility index (Phi) is 6.31. The SMILES string of the molecule is CC1CC(C(=O)O)CN(CCC(=O)N2CCN(c3ccc(F)cc3)CC2)C1. The van der Waals surface area contributed by atoms with Crippen LogP contribution in [0.1, 0.15) is 19.8 Å². The Bertz CT molecular complexity index is 659. The van der Waals surface area contributed by atoms with Crippen molar-refractivity contribution in [3.63, 3.8) is 0 Å². The number of amides is 1. The van der Waals surface area contributed by atoms with Crippen molar-refractivity contribution in [2.24, 2.45) is 11.8 Å². The molecule has 148 valence electrons. The van der Waals surface area contributed by atoms with Crippen LogP contribution >= 0.6 is 0 Å². The molecule has 1 amide bonds. The van der Waals surface area contributed by atoms with E-state index < -0.39 is 5.97 Å². The molecule has 0 radical (unpaired) electrons. The van der Waals surface area contributed by atoms with Gasteiger partial charge in [0.1, 0.15) is 5.82 Å². The number of piperazine rings is 1. The van der Waals surface area contributed by atoms with Gasteiger partial charge in [-0.2, -0.15) is 0 Å². The van der Waals surface area contributed by atoms with Gasteiger partial charge in [0.2, 0.25) is 5.91 Å². The topological polar surface area (TPSA) is 64.1 Å². The number of carboxylic acids is 1. The molecule has 0 aromatic heterocycles. The molecule has 2 fully saturated rings. The van der Waals surface area contributed by atoms with Crippen LogP contribution in [0.15, 0.2) is 24.3 Å². The zero-order valence-corrected chi connectivity index (χ0v) is 15.8. The summed E-state index contributed by atoms with van der Waals surface area (Å²) in [4.78, 5) is 30.0. The fourth-order valence-electron chi connectivity index (χ4n) is 4.10. The number of halogens is 1. The molecule has 0 spiro atoms. The van der Waals surface area contributed by atoms with Gasteiger partial charge in [0.15, 0.2) is 0 Å². The van der Waals surface area contributed by atoms with Crippen LogP contribution < -0.4 is 4.90 Å². The van der Waals surface area contributed by atoms with E-state index in [1.807, 2.05) is 4.90 Å². The number of benzene rings is 1. The second-order valence-corrected chi connectivity index (χ2v) is 7.73. The van der Waals surface area contributed by atoms with Gasteiger partial charge >= 0.3 is 5.97 Å². The van der Waals surface area contributed by atoms with Crippen molar-refractivity contribution in [2.75, 3.05) is 50.7 Å². The lowest BCUT2D eigenvalue weighted by atomic mass is 9.90. The Labute approximate surface area is 159 Å². The largest absolute Gasteiger partial charge is 0.481 e. The molecule has 7 heteroatoms. The fraction of sp³-hybridized carbons (Fsp3) is 0.600. The van der Waals surface area contributed by atoms with Crippen molar-refractivity contribution in [2.45, 2.75) is 19.8 Å². The molecule has 0 saturated carbocycles. The Morgan fingerprint density at radius 2 is 1.78 bits per heavy atom. The fourth-order valence-corrected chi connectivity index (χ4v) is 4.10. The number of rotatable bonds is 5. The standard InChI is InChI=1S/C20H28FN3O3/c1-15-12-16(20(26)27)14-22(13-15)7-6-19(25)24-10-8-23(9-11-24)18-4-2-17(21)3-5-18/h2-5,15-16H,6-14H2,1H3,(H,26,27). The first kappa shape index (κ1) is 19.6. The number of carboxylic acid groups (broad SMARTS) is 1. The molecule has 2 aliphatic heterocycles. The quantitative estimate of drug-likeness (QED) is 0.849. The lowest BCUT2D eigenvalue weighted by molar-refractivity contribution is -0.144. The van der Waals surface area contributed by atoms with E-state index in [0.29, 0.717) is 44.9 Å². The maximum atomic E-state index is 13.0. The molecule has 2 atom stereocenters. The van der Waals surface area contributed by atoms with Gasteiger partial charge in [-0.15, -0.1) is 0 Å². The first-order chi connectivity index (χ1) is 12.9. The van der Waals surface area contributed by atoms with E-state index in [2.05, 4.69) is 16.7 Å². The Hall–Kier alpha value is -2.15. The molecular weight excluding hydrogens is 349 g/mol. The number of piperidine rings is 1. The van der Waals surface area contributed by atoms with Gasteiger partial charge in [-0.25, -0.2) is 4.39 Å². The molecule has 1 aromatic rings. The minimum atomic E-state index is -0.741. The van der Waals surface area contributed by atoms with E-state index in [1.165, 1.54) is 12.1 Å². The Morgan fingerprint density at radius 1 is 1.11 bits per heavy atom. The number of nitrogens with zero attached hydrogens (tertiary/aromatic N) is 3. The van der Waals surface area contributed by atoms with Crippen molar-refractivity contribution in [3.8, 4) is 0 Å². The highest BCUT2D eigenvalue weighted by Crippen LogP contribution is 2.22. The molecule has 0 bridgehead atoms. The zero-order valence-electron chi connectivity index (χ0n) is 15.8. The predicted octanol–water partition coefficient (Wildman–Crippen LogP) is 1.91. The highest BCUT2D eigenvalue weighted by Gasteiger charge is 2.30. The second kappa shape index (κ2) is 8.69. The van der Waals surface area contributed by atoms with Crippen LogP contribution in [-0.4, -0.2) is 72.6 Å². The van der Waals surface area contributed by atoms with Crippen LogP contribution in [0.2, 0.25) is 0 Å². The van der Waals surface area contributed by atoms with Crippen molar-refractivity contribution in [3.05, 3.63) is 30.1 Å². The van der Waals surface area contributed by atoms with Crippen LogP contribution in [0.3, 0.4) is 0 Å². The van der Waals surface area contributed by atoms with E-state index in [-0.39, 0.29) is 17.6 Å². The van der Waals surface area contributed by atoms with Crippen LogP contribution in [0.25, 0.3) is 0 Å². The number of hydrogen-bond acceptors (Lipinski definition) is 4. The molecule has 1 aromatic carbocycles. The molecule has 2 heterocycles. The average Bonchev–Trinajstić information content (AvgIpc) is 2.66. The molecule has 6 nitrogen and oxygen atoms in total. The lowest BCUT2D eigenvalue weighted by Gasteiger charge is -2.37. The first-order valence-electron chi connectivity index (χ1n) is 9.66. The van der Waals surface area contributed by atoms with Gasteiger partial charge in [-0.05, 0) is 36.6 Å². The van der Waals surface area contributed by atoms with Gasteiger partial charge < -0.3 is 19.8 Å². The summed E-state index contributed by atoms with van der Waals surface area (Å²) in [5.41, 5.74) is 0.977. The summed E-state index contributed by atoms with van der Waals surface area (Å²) >= 11 is 0. The minimum absolute atomic E-state index is 0.124. The van der Waals surface area contributed by atoms with Gasteiger partial charge in [0.25, 0.3) is 0 Å². The van der Waals surface area contributed by atoms with Crippen LogP contribution in [0.4, 0.5) is 10.1 Å². The van der Waals surface area contributed by atoms with E-state index >= 15 is 0 Å². The third-order valence-electron chi connectivity index (χ3n) is 5.55. The normalized spacial score (nSPS) is 24.1. The predicted molar refractivity (Wildman–Crippen MR) is 101 cm³/mol. The monoisotopic (exact) mass is 377 g/mol. The summed E-state index contributed by atoms with van der Waals surface area (Å²) in [7, 11) is 0. The van der Waals surface area contributed by atoms with Gasteiger partial charge in [0, 0.05) is 57.9 Å². The number of anilines is 1. The molecule has 2 unspecified atom stereocenters. The number of likely N-dealkylation sites (tertiary alicyclic amines) is 1. The highest BCUT2D eigenvalue weighted by atomic mass is 19.1. The van der Waals surface area contributed by atoms with E-state index in [4.69, 9.17) is 0 Å². The van der Waals surface area contributed by atoms with Gasteiger partial charge in [0.05, 0.1) is 5.92 Å². The summed E-state index contributed by atoms with van der Waals surface area (Å²) in [6.07, 6.45) is 1.14. The van der Waals surface area contributed by atoms with Crippen LogP contribution in [0.5, 0.6) is 0 Å². The average molecular weight is 377 g/mol. The van der Waals surface area contributed by atoms with Gasteiger partial charge in [-0.1, -0.05) is 6.92 Å². The molecule has 27 heavy (non-hydrogen) atoms. The summed E-state index contributed by atoms with van der Waals surface area (Å²) in [5, 5.41) is 9.26. The zero-order chi connectivity index (χ0) is 19.4. The highest BCUT2D eigenvalue weighted by molar-refractivity contribution is 5.76. The number of hydrogen-bond donors (Lipinski definition) is 1. The van der Waals surface area contributed by atoms with E-state index in [9.17, 15) is 19.1 Å². The summed E-state index contributed by atoms with van der Waals surface area (Å²) in [6, 6.07) is 6.44. The van der Waals surface area contributed by atoms with Crippen molar-refractivity contribution >= 4 is 17.6 Å².